The molecule has 27 heavy (non-hydrogen) atoms. The van der Waals surface area contributed by atoms with Crippen molar-refractivity contribution in [3.63, 3.8) is 0 Å². The van der Waals surface area contributed by atoms with Crippen LogP contribution in [0.15, 0.2) is 60.7 Å². The second-order valence-corrected chi connectivity index (χ2v) is 11.5. The highest BCUT2D eigenvalue weighted by atomic mass is 28.3. The smallest absolute Gasteiger partial charge is 0.407 e. The SMILES string of the molecule is CCOC(=O)N[C@@H](C(=O)OC)[C@@H](c1ccccc1)[Si](C)(C)c1ccccc1. The van der Waals surface area contributed by atoms with Crippen LogP contribution in [0.4, 0.5) is 4.79 Å². The van der Waals surface area contributed by atoms with Crippen molar-refractivity contribution >= 4 is 25.3 Å². The van der Waals surface area contributed by atoms with Crippen molar-refractivity contribution in [3.8, 4) is 0 Å². The van der Waals surface area contributed by atoms with E-state index in [1.54, 1.807) is 6.92 Å². The Morgan fingerprint density at radius 1 is 1.00 bits per heavy atom. The van der Waals surface area contributed by atoms with Crippen LogP contribution in [0, 0.1) is 0 Å². The van der Waals surface area contributed by atoms with Crippen molar-refractivity contribution in [1.29, 1.82) is 0 Å². The molecule has 0 radical (unpaired) electrons. The van der Waals surface area contributed by atoms with Crippen molar-refractivity contribution in [1.82, 2.24) is 5.32 Å². The van der Waals surface area contributed by atoms with E-state index in [9.17, 15) is 9.59 Å². The maximum atomic E-state index is 12.7. The van der Waals surface area contributed by atoms with Crippen molar-refractivity contribution in [2.75, 3.05) is 13.7 Å². The first-order valence-corrected chi connectivity index (χ1v) is 12.1. The van der Waals surface area contributed by atoms with Crippen LogP contribution >= 0.6 is 0 Å². The van der Waals surface area contributed by atoms with Gasteiger partial charge in [0.25, 0.3) is 0 Å². The molecule has 2 rings (SSSR count). The summed E-state index contributed by atoms with van der Waals surface area (Å²) in [6.45, 7) is 6.35. The molecule has 5 nitrogen and oxygen atoms in total. The Kier molecular flexibility index (Phi) is 7.18. The van der Waals surface area contributed by atoms with E-state index >= 15 is 0 Å². The van der Waals surface area contributed by atoms with E-state index in [0.29, 0.717) is 0 Å². The van der Waals surface area contributed by atoms with E-state index in [-0.39, 0.29) is 12.1 Å². The van der Waals surface area contributed by atoms with Crippen LogP contribution in [-0.2, 0) is 14.3 Å². The maximum absolute atomic E-state index is 12.7. The minimum absolute atomic E-state index is 0.224. The molecule has 6 heteroatoms. The predicted molar refractivity (Wildman–Crippen MR) is 109 cm³/mol. The van der Waals surface area contributed by atoms with Crippen molar-refractivity contribution in [3.05, 3.63) is 66.2 Å². The molecule has 2 aromatic carbocycles. The van der Waals surface area contributed by atoms with Crippen LogP contribution < -0.4 is 10.5 Å². The topological polar surface area (TPSA) is 64.6 Å². The highest BCUT2D eigenvalue weighted by Gasteiger charge is 2.44. The van der Waals surface area contributed by atoms with Gasteiger partial charge in [0.2, 0.25) is 0 Å². The van der Waals surface area contributed by atoms with Gasteiger partial charge in [-0.2, -0.15) is 0 Å². The van der Waals surface area contributed by atoms with Gasteiger partial charge in [-0.15, -0.1) is 0 Å². The largest absolute Gasteiger partial charge is 0.467 e. The second kappa shape index (κ2) is 9.37. The van der Waals surface area contributed by atoms with Gasteiger partial charge in [-0.05, 0) is 12.5 Å². The van der Waals surface area contributed by atoms with Crippen LogP contribution in [-0.4, -0.2) is 39.9 Å². The summed E-state index contributed by atoms with van der Waals surface area (Å²) in [6.07, 6.45) is -0.619. The Morgan fingerprint density at radius 3 is 2.07 bits per heavy atom. The number of hydrogen-bond donors (Lipinski definition) is 1. The average Bonchev–Trinajstić information content (AvgIpc) is 2.68. The predicted octanol–water partition coefficient (Wildman–Crippen LogP) is 3.21. The number of benzene rings is 2. The zero-order chi connectivity index (χ0) is 19.9. The minimum Gasteiger partial charge on any atom is -0.467 e. The Labute approximate surface area is 161 Å². The highest BCUT2D eigenvalue weighted by molar-refractivity contribution is 6.91. The van der Waals surface area contributed by atoms with E-state index in [4.69, 9.17) is 9.47 Å². The third kappa shape index (κ3) is 4.98. The number of ether oxygens (including phenoxy) is 2. The number of rotatable bonds is 7. The normalized spacial score (nSPS) is 13.3. The molecule has 1 amide bonds. The van der Waals surface area contributed by atoms with Crippen LogP contribution in [0.3, 0.4) is 0 Å². The van der Waals surface area contributed by atoms with Gasteiger partial charge in [0.15, 0.2) is 0 Å². The van der Waals surface area contributed by atoms with E-state index in [1.165, 1.54) is 12.3 Å². The first kappa shape index (κ1) is 20.7. The lowest BCUT2D eigenvalue weighted by Gasteiger charge is -2.37. The molecule has 144 valence electrons. The molecule has 0 heterocycles. The molecule has 0 saturated heterocycles. The summed E-state index contributed by atoms with van der Waals surface area (Å²) in [5.74, 6) is -0.478. The van der Waals surface area contributed by atoms with Crippen LogP contribution in [0.5, 0.6) is 0 Å². The molecule has 0 aliphatic carbocycles. The number of amides is 1. The quantitative estimate of drug-likeness (QED) is 0.587. The molecule has 0 saturated carbocycles. The van der Waals surface area contributed by atoms with Gasteiger partial charge >= 0.3 is 12.1 Å². The molecule has 2 atom stereocenters. The monoisotopic (exact) mass is 385 g/mol. The number of carbonyl (C=O) groups is 2. The lowest BCUT2D eigenvalue weighted by Crippen LogP contribution is -2.58. The lowest BCUT2D eigenvalue weighted by molar-refractivity contribution is -0.143. The van der Waals surface area contributed by atoms with Gasteiger partial charge in [-0.25, -0.2) is 9.59 Å². The Hall–Kier alpha value is -2.60. The van der Waals surface area contributed by atoms with Gasteiger partial charge in [-0.1, -0.05) is 78.9 Å². The van der Waals surface area contributed by atoms with Gasteiger partial charge in [0.05, 0.1) is 21.8 Å². The fourth-order valence-corrected chi connectivity index (χ4v) is 6.93. The number of alkyl carbamates (subject to hydrolysis) is 1. The summed E-state index contributed by atoms with van der Waals surface area (Å²) >= 11 is 0. The van der Waals surface area contributed by atoms with Crippen LogP contribution in [0.2, 0.25) is 13.1 Å². The molecule has 0 bridgehead atoms. The summed E-state index contributed by atoms with van der Waals surface area (Å²) in [6, 6.07) is 19.1. The number of methoxy groups -OCH3 is 1. The molecule has 0 aromatic heterocycles. The fraction of sp³-hybridized carbons (Fsp3) is 0.333. The molecule has 0 aliphatic heterocycles. The van der Waals surface area contributed by atoms with E-state index in [0.717, 1.165) is 5.56 Å². The Balaban J connectivity index is 2.55. The summed E-state index contributed by atoms with van der Waals surface area (Å²) in [7, 11) is -0.918. The van der Waals surface area contributed by atoms with Crippen LogP contribution in [0.25, 0.3) is 0 Å². The lowest BCUT2D eigenvalue weighted by atomic mass is 10.1. The van der Waals surface area contributed by atoms with Gasteiger partial charge < -0.3 is 14.8 Å². The zero-order valence-electron chi connectivity index (χ0n) is 16.3. The van der Waals surface area contributed by atoms with Crippen LogP contribution in [0.1, 0.15) is 18.0 Å². The first-order valence-electron chi connectivity index (χ1n) is 9.03. The molecular weight excluding hydrogens is 358 g/mol. The second-order valence-electron chi connectivity index (χ2n) is 6.84. The van der Waals surface area contributed by atoms with Gasteiger partial charge in [0.1, 0.15) is 6.04 Å². The third-order valence-electron chi connectivity index (χ3n) is 4.79. The number of esters is 1. The average molecular weight is 386 g/mol. The van der Waals surface area contributed by atoms with Gasteiger partial charge in [0, 0.05) is 5.54 Å². The van der Waals surface area contributed by atoms with Crippen molar-refractivity contribution < 1.29 is 19.1 Å². The van der Waals surface area contributed by atoms with E-state index in [1.807, 2.05) is 48.5 Å². The highest BCUT2D eigenvalue weighted by Crippen LogP contribution is 2.31. The molecule has 0 fully saturated rings. The molecule has 0 unspecified atom stereocenters. The maximum Gasteiger partial charge on any atom is 0.407 e. The Morgan fingerprint density at radius 2 is 1.56 bits per heavy atom. The first-order chi connectivity index (χ1) is 12.9. The zero-order valence-corrected chi connectivity index (χ0v) is 17.3. The minimum atomic E-state index is -2.25. The molecule has 0 spiro atoms. The fourth-order valence-electron chi connectivity index (χ4n) is 3.44. The Bertz CT molecular complexity index is 749. The van der Waals surface area contributed by atoms with E-state index < -0.39 is 26.2 Å². The van der Waals surface area contributed by atoms with Crippen molar-refractivity contribution in [2.45, 2.75) is 31.6 Å². The molecule has 0 aliphatic rings. The number of carbonyl (C=O) groups excluding carboxylic acids is 2. The standard InChI is InChI=1S/C21H27NO4Si/c1-5-26-21(24)22-18(20(23)25-2)19(16-12-8-6-9-13-16)27(3,4)17-14-10-7-11-15-17/h6-15,18-19H,5H2,1-4H3,(H,22,24)/t18-,19-/m1/s1. The summed E-state index contributed by atoms with van der Waals surface area (Å²) < 4.78 is 10.1. The summed E-state index contributed by atoms with van der Waals surface area (Å²) in [5, 5.41) is 3.94. The third-order valence-corrected chi connectivity index (χ3v) is 8.83. The van der Waals surface area contributed by atoms with E-state index in [2.05, 4.69) is 30.5 Å². The number of hydrogen-bond acceptors (Lipinski definition) is 4. The molecule has 1 N–H and O–H groups in total. The van der Waals surface area contributed by atoms with Gasteiger partial charge in [-0.3, -0.25) is 0 Å². The molecular formula is C21H27NO4Si. The summed E-state index contributed by atoms with van der Waals surface area (Å²) in [4.78, 5) is 24.8. The molecule has 2 aromatic rings. The summed E-state index contributed by atoms with van der Waals surface area (Å²) in [5.41, 5.74) is 0.767. The van der Waals surface area contributed by atoms with Crippen molar-refractivity contribution in [2.24, 2.45) is 0 Å². The number of nitrogens with one attached hydrogen (secondary N) is 1.